The fourth-order valence-corrected chi connectivity index (χ4v) is 1.41. The lowest BCUT2D eigenvalue weighted by Gasteiger charge is -1.97. The number of thioether (sulfide) groups is 1. The highest BCUT2D eigenvalue weighted by atomic mass is 32.2. The summed E-state index contributed by atoms with van der Waals surface area (Å²) < 4.78 is 0. The molecule has 0 aromatic carbocycles. The molecule has 0 saturated carbocycles. The Morgan fingerprint density at radius 1 is 1.71 bits per heavy atom. The van der Waals surface area contributed by atoms with E-state index in [-0.39, 0.29) is 12.1 Å². The van der Waals surface area contributed by atoms with Crippen LogP contribution in [0.4, 0.5) is 0 Å². The predicted molar refractivity (Wildman–Crippen MR) is 53.1 cm³/mol. The number of aromatic nitrogens is 2. The molecule has 1 rings (SSSR count). The highest BCUT2D eigenvalue weighted by Gasteiger charge is 2.01. The summed E-state index contributed by atoms with van der Waals surface area (Å²) in [5, 5.41) is 0.580. The number of hydrogen-bond acceptors (Lipinski definition) is 5. The Morgan fingerprint density at radius 3 is 3.07 bits per heavy atom. The number of aromatic amines is 1. The maximum absolute atomic E-state index is 11.3. The predicted octanol–water partition coefficient (Wildman–Crippen LogP) is 0.718. The van der Waals surface area contributed by atoms with Gasteiger partial charge in [-0.15, -0.1) is 0 Å². The first-order chi connectivity index (χ1) is 6.77. The third-order valence-corrected chi connectivity index (χ3v) is 2.21. The second-order valence-corrected chi connectivity index (χ2v) is 3.64. The molecule has 0 amide bonds. The normalized spacial score (nSPS) is 9.50. The van der Waals surface area contributed by atoms with Crippen LogP contribution in [-0.4, -0.2) is 21.8 Å². The van der Waals surface area contributed by atoms with Crippen molar-refractivity contribution in [2.45, 2.75) is 18.6 Å². The summed E-state index contributed by atoms with van der Waals surface area (Å²) >= 11 is 1.45. The molecular weight excluding hydrogens is 202 g/mol. The van der Waals surface area contributed by atoms with E-state index in [1.54, 1.807) is 0 Å². The Balaban J connectivity index is 2.89. The van der Waals surface area contributed by atoms with Gasteiger partial charge in [-0.05, 0) is 5.75 Å². The summed E-state index contributed by atoms with van der Waals surface area (Å²) in [5.41, 5.74) is 0.115. The van der Waals surface area contributed by atoms with E-state index in [2.05, 4.69) is 15.0 Å². The van der Waals surface area contributed by atoms with Gasteiger partial charge in [-0.1, -0.05) is 18.7 Å². The fourth-order valence-electron chi connectivity index (χ4n) is 0.845. The van der Waals surface area contributed by atoms with E-state index in [0.717, 1.165) is 5.75 Å². The molecule has 74 valence electrons. The van der Waals surface area contributed by atoms with Crippen LogP contribution in [0.25, 0.3) is 0 Å². The van der Waals surface area contributed by atoms with E-state index < -0.39 is 0 Å². The summed E-state index contributed by atoms with van der Waals surface area (Å²) in [4.78, 5) is 31.1. The molecule has 1 aromatic rings. The van der Waals surface area contributed by atoms with Gasteiger partial charge in [0.2, 0.25) is 6.08 Å². The van der Waals surface area contributed by atoms with Gasteiger partial charge in [0.25, 0.3) is 5.56 Å². The topological polar surface area (TPSA) is 75.2 Å². The zero-order chi connectivity index (χ0) is 10.4. The first kappa shape index (κ1) is 10.7. The Labute approximate surface area is 84.7 Å². The molecule has 6 heteroatoms. The number of isocyanates is 1. The molecule has 0 aliphatic rings. The number of nitrogens with one attached hydrogen (secondary N) is 1. The summed E-state index contributed by atoms with van der Waals surface area (Å²) in [6.07, 6.45) is 2.80. The highest BCUT2D eigenvalue weighted by molar-refractivity contribution is 7.99. The lowest BCUT2D eigenvalue weighted by Crippen LogP contribution is -2.13. The smallest absolute Gasteiger partial charge is 0.256 e. The van der Waals surface area contributed by atoms with Crippen LogP contribution in [0.15, 0.2) is 21.1 Å². The fraction of sp³-hybridized carbons (Fsp3) is 0.375. The highest BCUT2D eigenvalue weighted by Crippen LogP contribution is 2.08. The van der Waals surface area contributed by atoms with Gasteiger partial charge in [-0.2, -0.15) is 0 Å². The van der Waals surface area contributed by atoms with Crippen molar-refractivity contribution < 1.29 is 4.79 Å². The number of nitrogens with zero attached hydrogens (tertiary/aromatic N) is 2. The number of carbonyl (C=O) groups excluding carboxylic acids is 1. The molecule has 5 nitrogen and oxygen atoms in total. The largest absolute Gasteiger partial charge is 0.301 e. The average molecular weight is 211 g/mol. The molecule has 0 radical (unpaired) electrons. The Kier molecular flexibility index (Phi) is 4.10. The first-order valence-electron chi connectivity index (χ1n) is 4.02. The van der Waals surface area contributed by atoms with Gasteiger partial charge >= 0.3 is 0 Å². The van der Waals surface area contributed by atoms with E-state index in [1.807, 2.05) is 6.92 Å². The van der Waals surface area contributed by atoms with E-state index in [0.29, 0.717) is 10.7 Å². The van der Waals surface area contributed by atoms with Crippen molar-refractivity contribution in [1.29, 1.82) is 0 Å². The SMILES string of the molecule is CCSc1ncc(CN=C=O)c(=O)[nH]1. The molecule has 0 spiro atoms. The van der Waals surface area contributed by atoms with Crippen molar-refractivity contribution in [1.82, 2.24) is 9.97 Å². The number of rotatable bonds is 4. The number of H-pyrrole nitrogens is 1. The van der Waals surface area contributed by atoms with Crippen LogP contribution in [0.2, 0.25) is 0 Å². The number of aliphatic imine (C=N–C) groups is 1. The zero-order valence-corrected chi connectivity index (χ0v) is 8.43. The second-order valence-electron chi connectivity index (χ2n) is 2.38. The van der Waals surface area contributed by atoms with Gasteiger partial charge in [0, 0.05) is 6.20 Å². The summed E-state index contributed by atoms with van der Waals surface area (Å²) in [6, 6.07) is 0. The minimum atomic E-state index is -0.255. The van der Waals surface area contributed by atoms with Gasteiger partial charge in [-0.3, -0.25) is 4.79 Å². The van der Waals surface area contributed by atoms with Crippen LogP contribution in [0.5, 0.6) is 0 Å². The van der Waals surface area contributed by atoms with Crippen molar-refractivity contribution in [2.24, 2.45) is 4.99 Å². The third-order valence-electron chi connectivity index (χ3n) is 1.44. The van der Waals surface area contributed by atoms with Crippen LogP contribution in [0.1, 0.15) is 12.5 Å². The van der Waals surface area contributed by atoms with Crippen LogP contribution < -0.4 is 5.56 Å². The van der Waals surface area contributed by atoms with E-state index >= 15 is 0 Å². The van der Waals surface area contributed by atoms with Crippen molar-refractivity contribution in [3.8, 4) is 0 Å². The summed E-state index contributed by atoms with van der Waals surface area (Å²) in [7, 11) is 0. The quantitative estimate of drug-likeness (QED) is 0.344. The molecule has 1 heterocycles. The average Bonchev–Trinajstić information content (AvgIpc) is 2.17. The van der Waals surface area contributed by atoms with Crippen molar-refractivity contribution in [3.63, 3.8) is 0 Å². The number of hydrogen-bond donors (Lipinski definition) is 1. The van der Waals surface area contributed by atoms with Crippen LogP contribution in [0, 0.1) is 0 Å². The molecule has 1 N–H and O–H groups in total. The molecule has 0 atom stereocenters. The lowest BCUT2D eigenvalue weighted by atomic mass is 10.3. The zero-order valence-electron chi connectivity index (χ0n) is 7.61. The van der Waals surface area contributed by atoms with Crippen molar-refractivity contribution in [2.75, 3.05) is 5.75 Å². The molecule has 1 aromatic heterocycles. The van der Waals surface area contributed by atoms with Crippen LogP contribution in [-0.2, 0) is 11.3 Å². The van der Waals surface area contributed by atoms with Gasteiger partial charge in [0.1, 0.15) is 0 Å². The van der Waals surface area contributed by atoms with E-state index in [4.69, 9.17) is 0 Å². The maximum atomic E-state index is 11.3. The van der Waals surface area contributed by atoms with Crippen LogP contribution in [0.3, 0.4) is 0 Å². The maximum Gasteiger partial charge on any atom is 0.256 e. The van der Waals surface area contributed by atoms with E-state index in [9.17, 15) is 9.59 Å². The standard InChI is InChI=1S/C8H9N3O2S/c1-2-14-8-10-4-6(3-9-5-12)7(13)11-8/h4H,2-3H2,1H3,(H,10,11,13). The molecule has 0 fully saturated rings. The first-order valence-corrected chi connectivity index (χ1v) is 5.01. The summed E-state index contributed by atoms with van der Waals surface area (Å²) in [6.45, 7) is 2.00. The second kappa shape index (κ2) is 5.36. The van der Waals surface area contributed by atoms with Gasteiger partial charge in [0.15, 0.2) is 5.16 Å². The van der Waals surface area contributed by atoms with E-state index in [1.165, 1.54) is 24.0 Å². The van der Waals surface area contributed by atoms with Crippen molar-refractivity contribution >= 4 is 17.8 Å². The molecule has 14 heavy (non-hydrogen) atoms. The molecule has 0 saturated heterocycles. The molecule has 0 aliphatic heterocycles. The molecule has 0 aliphatic carbocycles. The third kappa shape index (κ3) is 2.83. The Hall–Kier alpha value is -1.39. The lowest BCUT2D eigenvalue weighted by molar-refractivity contribution is 0.562. The Bertz CT molecular complexity index is 409. The Morgan fingerprint density at radius 2 is 2.50 bits per heavy atom. The molecular formula is C8H9N3O2S. The minimum Gasteiger partial charge on any atom is -0.301 e. The molecule has 0 unspecified atom stereocenters. The van der Waals surface area contributed by atoms with Crippen molar-refractivity contribution in [3.05, 3.63) is 22.1 Å². The molecule has 0 bridgehead atoms. The minimum absolute atomic E-state index is 0.0307. The van der Waals surface area contributed by atoms with Gasteiger partial charge < -0.3 is 4.98 Å². The summed E-state index contributed by atoms with van der Waals surface area (Å²) in [5.74, 6) is 0.842. The van der Waals surface area contributed by atoms with Gasteiger partial charge in [0.05, 0.1) is 12.1 Å². The monoisotopic (exact) mass is 211 g/mol. The van der Waals surface area contributed by atoms with Gasteiger partial charge in [-0.25, -0.2) is 14.8 Å². The van der Waals surface area contributed by atoms with Crippen LogP contribution >= 0.6 is 11.8 Å².